The zero-order valence-electron chi connectivity index (χ0n) is 19.1. The highest BCUT2D eigenvalue weighted by Crippen LogP contribution is 2.31. The van der Waals surface area contributed by atoms with E-state index in [9.17, 15) is 9.59 Å². The molecule has 4 aromatic rings. The predicted molar refractivity (Wildman–Crippen MR) is 127 cm³/mol. The van der Waals surface area contributed by atoms with E-state index in [1.165, 1.54) is 5.56 Å². The standard InChI is InChI=1S/C27H29NO4/c1-16(10-11-20-8-6-5-7-9-20)28-26(29)13-12-21-18(3)23-14-22-17(2)19(4)31-24(22)15-25(23)32-27(21)30/h5-9,14-16H,10-13H2,1-4H3,(H,28,29)/t16-/m1/s1. The van der Waals surface area contributed by atoms with E-state index in [1.54, 1.807) is 6.07 Å². The number of rotatable bonds is 7. The minimum atomic E-state index is -0.390. The number of benzene rings is 2. The maximum Gasteiger partial charge on any atom is 0.339 e. The van der Waals surface area contributed by atoms with Crippen molar-refractivity contribution in [3.63, 3.8) is 0 Å². The Labute approximate surface area is 187 Å². The van der Waals surface area contributed by atoms with Gasteiger partial charge in [-0.2, -0.15) is 0 Å². The summed E-state index contributed by atoms with van der Waals surface area (Å²) in [5.74, 6) is 0.801. The van der Waals surface area contributed by atoms with Crippen LogP contribution < -0.4 is 10.9 Å². The summed E-state index contributed by atoms with van der Waals surface area (Å²) in [7, 11) is 0. The molecule has 0 aliphatic rings. The van der Waals surface area contributed by atoms with Gasteiger partial charge in [-0.1, -0.05) is 30.3 Å². The van der Waals surface area contributed by atoms with E-state index in [-0.39, 0.29) is 24.0 Å². The lowest BCUT2D eigenvalue weighted by atomic mass is 10.00. The molecule has 1 atom stereocenters. The maximum atomic E-state index is 12.6. The fourth-order valence-electron chi connectivity index (χ4n) is 4.20. The molecule has 2 aromatic carbocycles. The summed E-state index contributed by atoms with van der Waals surface area (Å²) >= 11 is 0. The van der Waals surface area contributed by atoms with E-state index in [2.05, 4.69) is 17.4 Å². The monoisotopic (exact) mass is 431 g/mol. The van der Waals surface area contributed by atoms with Gasteiger partial charge in [0.05, 0.1) is 0 Å². The topological polar surface area (TPSA) is 72.5 Å². The molecular weight excluding hydrogens is 402 g/mol. The van der Waals surface area contributed by atoms with Crippen molar-refractivity contribution in [3.05, 3.63) is 80.9 Å². The first-order chi connectivity index (χ1) is 15.3. The molecule has 0 aliphatic heterocycles. The van der Waals surface area contributed by atoms with Gasteiger partial charge in [0.25, 0.3) is 0 Å². The number of fused-ring (bicyclic) bond motifs is 2. The van der Waals surface area contributed by atoms with Gasteiger partial charge in [-0.15, -0.1) is 0 Å². The Morgan fingerprint density at radius 1 is 0.938 bits per heavy atom. The van der Waals surface area contributed by atoms with Crippen LogP contribution in [0.25, 0.3) is 21.9 Å². The summed E-state index contributed by atoms with van der Waals surface area (Å²) in [6.07, 6.45) is 2.38. The van der Waals surface area contributed by atoms with Crippen LogP contribution in [0.15, 0.2) is 56.1 Å². The van der Waals surface area contributed by atoms with Crippen molar-refractivity contribution in [1.29, 1.82) is 0 Å². The molecule has 0 unspecified atom stereocenters. The van der Waals surface area contributed by atoms with Gasteiger partial charge < -0.3 is 14.2 Å². The highest BCUT2D eigenvalue weighted by molar-refractivity contribution is 5.96. The van der Waals surface area contributed by atoms with Gasteiger partial charge in [-0.25, -0.2) is 4.79 Å². The summed E-state index contributed by atoms with van der Waals surface area (Å²) in [6.45, 7) is 7.87. The van der Waals surface area contributed by atoms with Gasteiger partial charge in [0.15, 0.2) is 0 Å². The lowest BCUT2D eigenvalue weighted by Gasteiger charge is -2.14. The second-order valence-corrected chi connectivity index (χ2v) is 8.61. The smallest absolute Gasteiger partial charge is 0.339 e. The third-order valence-electron chi connectivity index (χ3n) is 6.30. The summed E-state index contributed by atoms with van der Waals surface area (Å²) in [4.78, 5) is 25.1. The van der Waals surface area contributed by atoms with Crippen molar-refractivity contribution in [1.82, 2.24) is 5.32 Å². The van der Waals surface area contributed by atoms with Crippen molar-refractivity contribution in [2.24, 2.45) is 0 Å². The number of nitrogens with one attached hydrogen (secondary N) is 1. The molecule has 1 N–H and O–H groups in total. The van der Waals surface area contributed by atoms with E-state index >= 15 is 0 Å². The van der Waals surface area contributed by atoms with Crippen LogP contribution in [0.1, 0.15) is 47.8 Å². The second kappa shape index (κ2) is 9.03. The van der Waals surface area contributed by atoms with Gasteiger partial charge in [0, 0.05) is 34.9 Å². The number of amides is 1. The molecule has 5 heteroatoms. The maximum absolute atomic E-state index is 12.6. The quantitative estimate of drug-likeness (QED) is 0.390. The normalized spacial score (nSPS) is 12.4. The van der Waals surface area contributed by atoms with Crippen LogP contribution in [-0.4, -0.2) is 11.9 Å². The van der Waals surface area contributed by atoms with Crippen LogP contribution in [0.2, 0.25) is 0 Å². The molecule has 2 aromatic heterocycles. The molecule has 4 rings (SSSR count). The Bertz CT molecular complexity index is 1330. The molecule has 166 valence electrons. The Morgan fingerprint density at radius 3 is 2.38 bits per heavy atom. The van der Waals surface area contributed by atoms with E-state index < -0.39 is 0 Å². The lowest BCUT2D eigenvalue weighted by molar-refractivity contribution is -0.121. The van der Waals surface area contributed by atoms with Crippen LogP contribution in [-0.2, 0) is 17.6 Å². The molecule has 32 heavy (non-hydrogen) atoms. The van der Waals surface area contributed by atoms with E-state index in [1.807, 2.05) is 52.0 Å². The Balaban J connectivity index is 1.45. The fraction of sp³-hybridized carbons (Fsp3) is 0.333. The molecule has 0 bridgehead atoms. The van der Waals surface area contributed by atoms with E-state index in [0.717, 1.165) is 40.5 Å². The molecule has 0 saturated heterocycles. The van der Waals surface area contributed by atoms with Crippen molar-refractivity contribution in [2.75, 3.05) is 0 Å². The van der Waals surface area contributed by atoms with Crippen LogP contribution in [0, 0.1) is 20.8 Å². The van der Waals surface area contributed by atoms with Gasteiger partial charge >= 0.3 is 5.63 Å². The average Bonchev–Trinajstić information content (AvgIpc) is 3.04. The molecular formula is C27H29NO4. The molecule has 0 saturated carbocycles. The number of hydrogen-bond acceptors (Lipinski definition) is 4. The number of aryl methyl sites for hydroxylation is 4. The highest BCUT2D eigenvalue weighted by Gasteiger charge is 2.17. The van der Waals surface area contributed by atoms with Crippen LogP contribution in [0.4, 0.5) is 0 Å². The molecule has 1 amide bonds. The number of furan rings is 1. The minimum Gasteiger partial charge on any atom is -0.461 e. The van der Waals surface area contributed by atoms with Crippen molar-refractivity contribution in [2.45, 2.75) is 59.4 Å². The third kappa shape index (κ3) is 4.47. The zero-order chi connectivity index (χ0) is 22.8. The Kier molecular flexibility index (Phi) is 6.17. The predicted octanol–water partition coefficient (Wildman–Crippen LogP) is 5.53. The van der Waals surface area contributed by atoms with Crippen LogP contribution >= 0.6 is 0 Å². The second-order valence-electron chi connectivity index (χ2n) is 8.61. The molecule has 0 radical (unpaired) electrons. The van der Waals surface area contributed by atoms with Crippen LogP contribution in [0.5, 0.6) is 0 Å². The number of carbonyl (C=O) groups excluding carboxylic acids is 1. The van der Waals surface area contributed by atoms with Gasteiger partial charge in [0.2, 0.25) is 5.91 Å². The largest absolute Gasteiger partial charge is 0.461 e. The fourth-order valence-corrected chi connectivity index (χ4v) is 4.20. The average molecular weight is 432 g/mol. The first-order valence-electron chi connectivity index (χ1n) is 11.1. The van der Waals surface area contributed by atoms with Crippen molar-refractivity contribution < 1.29 is 13.6 Å². The summed E-state index contributed by atoms with van der Waals surface area (Å²) in [5, 5.41) is 4.95. The molecule has 5 nitrogen and oxygen atoms in total. The first kappa shape index (κ1) is 21.9. The number of carbonyl (C=O) groups is 1. The van der Waals surface area contributed by atoms with Crippen molar-refractivity contribution in [3.8, 4) is 0 Å². The summed E-state index contributed by atoms with van der Waals surface area (Å²) in [6, 6.07) is 14.1. The number of hydrogen-bond donors (Lipinski definition) is 1. The SMILES string of the molecule is Cc1oc2cc3oc(=O)c(CCC(=O)N[C@H](C)CCc4ccccc4)c(C)c3cc2c1C. The minimum absolute atomic E-state index is 0.0544. The molecule has 2 heterocycles. The Hall–Kier alpha value is -3.34. The first-order valence-corrected chi connectivity index (χ1v) is 11.1. The van der Waals surface area contributed by atoms with Gasteiger partial charge in [-0.05, 0) is 69.7 Å². The molecule has 0 aliphatic carbocycles. The zero-order valence-corrected chi connectivity index (χ0v) is 19.1. The van der Waals surface area contributed by atoms with Gasteiger partial charge in [-0.3, -0.25) is 4.79 Å². The Morgan fingerprint density at radius 2 is 1.62 bits per heavy atom. The molecule has 0 fully saturated rings. The summed E-state index contributed by atoms with van der Waals surface area (Å²) in [5.41, 5.74) is 4.60. The van der Waals surface area contributed by atoms with E-state index in [0.29, 0.717) is 23.2 Å². The highest BCUT2D eigenvalue weighted by atomic mass is 16.4. The lowest BCUT2D eigenvalue weighted by Crippen LogP contribution is -2.33. The molecule has 0 spiro atoms. The summed E-state index contributed by atoms with van der Waals surface area (Å²) < 4.78 is 11.4. The van der Waals surface area contributed by atoms with E-state index in [4.69, 9.17) is 8.83 Å². The third-order valence-corrected chi connectivity index (χ3v) is 6.30. The van der Waals surface area contributed by atoms with Crippen molar-refractivity contribution >= 4 is 27.8 Å². The van der Waals surface area contributed by atoms with Gasteiger partial charge in [0.1, 0.15) is 16.9 Å². The van der Waals surface area contributed by atoms with Crippen LogP contribution in [0.3, 0.4) is 0 Å².